The van der Waals surface area contributed by atoms with Gasteiger partial charge in [-0.25, -0.2) is 24.2 Å². The van der Waals surface area contributed by atoms with E-state index in [1.807, 2.05) is 0 Å². The fourth-order valence-electron chi connectivity index (χ4n) is 0.404. The van der Waals surface area contributed by atoms with E-state index in [0.29, 0.717) is 0 Å². The second-order valence-electron chi connectivity index (χ2n) is 2.25. The molecule has 8 heteroatoms. The number of rotatable bonds is 3. The zero-order valence-electron chi connectivity index (χ0n) is 6.57. The lowest BCUT2D eigenvalue weighted by Gasteiger charge is -2.09. The lowest BCUT2D eigenvalue weighted by atomic mass is 10.5. The lowest BCUT2D eigenvalue weighted by Crippen LogP contribution is -2.44. The van der Waals surface area contributed by atoms with Gasteiger partial charge in [-0.05, 0) is 6.92 Å². The summed E-state index contributed by atoms with van der Waals surface area (Å²) < 4.78 is 21.2. The number of hydrogen-bond donors (Lipinski definition) is 4. The standard InChI is InChI=1S/C4H12N4O3S/c1-3(12(6,10)11)2-7-4(9)8-5/h3H,2,5H2,1H3,(H2,6,10,11)(H2,7,8,9). The van der Waals surface area contributed by atoms with Crippen molar-refractivity contribution >= 4 is 16.1 Å². The number of urea groups is 1. The Kier molecular flexibility index (Phi) is 3.93. The van der Waals surface area contributed by atoms with Crippen LogP contribution in [0.4, 0.5) is 4.79 Å². The maximum absolute atomic E-state index is 10.6. The summed E-state index contributed by atoms with van der Waals surface area (Å²) in [5.41, 5.74) is 1.79. The molecule has 0 heterocycles. The minimum absolute atomic E-state index is 0.0676. The Morgan fingerprint density at radius 3 is 2.42 bits per heavy atom. The fraction of sp³-hybridized carbons (Fsp3) is 0.750. The molecule has 0 aliphatic heterocycles. The van der Waals surface area contributed by atoms with Gasteiger partial charge in [-0.3, -0.25) is 5.43 Å². The maximum atomic E-state index is 10.6. The molecule has 7 nitrogen and oxygen atoms in total. The van der Waals surface area contributed by atoms with Crippen LogP contribution in [0.3, 0.4) is 0 Å². The van der Waals surface area contributed by atoms with E-state index < -0.39 is 21.3 Å². The Morgan fingerprint density at radius 1 is 1.58 bits per heavy atom. The van der Waals surface area contributed by atoms with E-state index in [9.17, 15) is 13.2 Å². The molecule has 0 aliphatic rings. The molecular formula is C4H12N4O3S. The van der Waals surface area contributed by atoms with E-state index in [1.165, 1.54) is 6.92 Å². The second kappa shape index (κ2) is 4.24. The molecule has 0 aromatic heterocycles. The summed E-state index contributed by atoms with van der Waals surface area (Å²) in [6.07, 6.45) is 0. The number of hydrogen-bond acceptors (Lipinski definition) is 4. The average molecular weight is 196 g/mol. The van der Waals surface area contributed by atoms with Crippen LogP contribution < -0.4 is 21.7 Å². The molecule has 0 aromatic rings. The third kappa shape index (κ3) is 4.11. The molecule has 0 aromatic carbocycles. The van der Waals surface area contributed by atoms with E-state index in [1.54, 1.807) is 5.43 Å². The Hall–Kier alpha value is -0.860. The molecule has 6 N–H and O–H groups in total. The van der Waals surface area contributed by atoms with Crippen molar-refractivity contribution in [2.45, 2.75) is 12.2 Å². The molecule has 0 bridgehead atoms. The Labute approximate surface area is 70.5 Å². The van der Waals surface area contributed by atoms with Gasteiger partial charge in [-0.2, -0.15) is 0 Å². The first-order chi connectivity index (χ1) is 5.38. The van der Waals surface area contributed by atoms with Crippen molar-refractivity contribution < 1.29 is 13.2 Å². The first kappa shape index (κ1) is 11.1. The summed E-state index contributed by atoms with van der Waals surface area (Å²) in [6.45, 7) is 1.31. The van der Waals surface area contributed by atoms with Crippen LogP contribution in [0.25, 0.3) is 0 Å². The fourth-order valence-corrected chi connectivity index (χ4v) is 0.719. The van der Waals surface area contributed by atoms with Gasteiger partial charge in [0, 0.05) is 6.54 Å². The summed E-state index contributed by atoms with van der Waals surface area (Å²) in [7, 11) is -3.59. The van der Waals surface area contributed by atoms with Crippen molar-refractivity contribution in [3.63, 3.8) is 0 Å². The van der Waals surface area contributed by atoms with Crippen molar-refractivity contribution in [2.75, 3.05) is 6.54 Å². The normalized spacial score (nSPS) is 13.6. The van der Waals surface area contributed by atoms with Crippen LogP contribution in [0.1, 0.15) is 6.92 Å². The molecule has 1 unspecified atom stereocenters. The lowest BCUT2D eigenvalue weighted by molar-refractivity contribution is 0.241. The molecule has 0 aliphatic carbocycles. The van der Waals surface area contributed by atoms with Crippen LogP contribution in [-0.2, 0) is 10.0 Å². The molecule has 72 valence electrons. The zero-order chi connectivity index (χ0) is 9.78. The van der Waals surface area contributed by atoms with Crippen molar-refractivity contribution in [3.8, 4) is 0 Å². The number of sulfonamides is 1. The molecule has 1 atom stereocenters. The van der Waals surface area contributed by atoms with Crippen molar-refractivity contribution in [3.05, 3.63) is 0 Å². The summed E-state index contributed by atoms with van der Waals surface area (Å²) in [4.78, 5) is 10.5. The van der Waals surface area contributed by atoms with Gasteiger partial charge in [0.05, 0.1) is 5.25 Å². The van der Waals surface area contributed by atoms with Crippen LogP contribution in [0.15, 0.2) is 0 Å². The SMILES string of the molecule is CC(CNC(=O)NN)S(N)(=O)=O. The summed E-state index contributed by atoms with van der Waals surface area (Å²) >= 11 is 0. The molecule has 0 fully saturated rings. The molecular weight excluding hydrogens is 184 g/mol. The minimum Gasteiger partial charge on any atom is -0.336 e. The highest BCUT2D eigenvalue weighted by Gasteiger charge is 2.15. The van der Waals surface area contributed by atoms with E-state index in [0.717, 1.165) is 0 Å². The van der Waals surface area contributed by atoms with Crippen LogP contribution in [0.5, 0.6) is 0 Å². The van der Waals surface area contributed by atoms with Crippen LogP contribution in [-0.4, -0.2) is 26.2 Å². The monoisotopic (exact) mass is 196 g/mol. The van der Waals surface area contributed by atoms with Crippen molar-refractivity contribution in [1.29, 1.82) is 0 Å². The number of nitrogens with two attached hydrogens (primary N) is 2. The average Bonchev–Trinajstić information content (AvgIpc) is 1.97. The van der Waals surface area contributed by atoms with Gasteiger partial charge in [0.15, 0.2) is 0 Å². The van der Waals surface area contributed by atoms with Gasteiger partial charge in [-0.1, -0.05) is 0 Å². The number of amides is 2. The Bertz CT molecular complexity index is 249. The summed E-state index contributed by atoms with van der Waals surface area (Å²) in [5, 5.41) is 6.16. The zero-order valence-corrected chi connectivity index (χ0v) is 7.39. The number of carbonyl (C=O) groups is 1. The molecule has 0 spiro atoms. The minimum atomic E-state index is -3.59. The molecule has 0 radical (unpaired) electrons. The molecule has 12 heavy (non-hydrogen) atoms. The topological polar surface area (TPSA) is 127 Å². The summed E-state index contributed by atoms with van der Waals surface area (Å²) in [6, 6.07) is -0.648. The highest BCUT2D eigenvalue weighted by molar-refractivity contribution is 7.89. The van der Waals surface area contributed by atoms with Crippen LogP contribution in [0.2, 0.25) is 0 Å². The van der Waals surface area contributed by atoms with Gasteiger partial charge in [0.2, 0.25) is 10.0 Å². The smallest absolute Gasteiger partial charge is 0.328 e. The number of primary sulfonamides is 1. The largest absolute Gasteiger partial charge is 0.336 e. The van der Waals surface area contributed by atoms with Crippen LogP contribution in [0, 0.1) is 0 Å². The number of hydrazine groups is 1. The Morgan fingerprint density at radius 2 is 2.08 bits per heavy atom. The van der Waals surface area contributed by atoms with Gasteiger partial charge in [0.25, 0.3) is 0 Å². The number of carbonyl (C=O) groups excluding carboxylic acids is 1. The quantitative estimate of drug-likeness (QED) is 0.233. The van der Waals surface area contributed by atoms with E-state index in [-0.39, 0.29) is 6.54 Å². The number of nitrogens with one attached hydrogen (secondary N) is 2. The molecule has 2 amide bonds. The van der Waals surface area contributed by atoms with Crippen LogP contribution >= 0.6 is 0 Å². The van der Waals surface area contributed by atoms with E-state index in [2.05, 4.69) is 5.32 Å². The van der Waals surface area contributed by atoms with E-state index in [4.69, 9.17) is 11.0 Å². The predicted octanol–water partition coefficient (Wildman–Crippen LogP) is -2.16. The van der Waals surface area contributed by atoms with Gasteiger partial charge < -0.3 is 5.32 Å². The van der Waals surface area contributed by atoms with Crippen molar-refractivity contribution in [2.24, 2.45) is 11.0 Å². The van der Waals surface area contributed by atoms with Gasteiger partial charge >= 0.3 is 6.03 Å². The first-order valence-electron chi connectivity index (χ1n) is 3.14. The first-order valence-corrected chi connectivity index (χ1v) is 4.75. The van der Waals surface area contributed by atoms with Crippen molar-refractivity contribution in [1.82, 2.24) is 10.7 Å². The van der Waals surface area contributed by atoms with E-state index >= 15 is 0 Å². The molecule has 0 saturated carbocycles. The Balaban J connectivity index is 3.88. The molecule has 0 rings (SSSR count). The third-order valence-electron chi connectivity index (χ3n) is 1.24. The maximum Gasteiger partial charge on any atom is 0.328 e. The van der Waals surface area contributed by atoms with Gasteiger partial charge in [0.1, 0.15) is 0 Å². The predicted molar refractivity (Wildman–Crippen MR) is 43.3 cm³/mol. The third-order valence-corrected chi connectivity index (χ3v) is 2.53. The second-order valence-corrected chi connectivity index (χ2v) is 4.24. The van der Waals surface area contributed by atoms with Gasteiger partial charge in [-0.15, -0.1) is 0 Å². The molecule has 0 saturated heterocycles. The summed E-state index contributed by atoms with van der Waals surface area (Å²) in [5.74, 6) is 4.72. The highest BCUT2D eigenvalue weighted by atomic mass is 32.2. The highest BCUT2D eigenvalue weighted by Crippen LogP contribution is 1.90.